The largest absolute Gasteiger partial charge is 0.370 e. The number of amides is 1. The van der Waals surface area contributed by atoms with Crippen LogP contribution in [0.5, 0.6) is 0 Å². The fourth-order valence-electron chi connectivity index (χ4n) is 2.82. The van der Waals surface area contributed by atoms with Gasteiger partial charge < -0.3 is 5.73 Å². The molecule has 0 saturated carbocycles. The standard InChI is InChI=1S/C24H31N3.C2H5NO.C2H6/c1-8-12-23(17-26-7)24(10-3)19(5)27-18(4)21-13-11-14-22(15-21)20(9-2)16-25-6;1-2(3)4;1-2/h9-17H,3,8H2,1-2,4-7H3;1H3,(H2,3,4);1-2H3/b20-9+,23-12+,24-19+,25-16?,26-17?,27-18?;;. The Balaban J connectivity index is 0. The molecule has 0 unspecified atom stereocenters. The Labute approximate surface area is 201 Å². The van der Waals surface area contributed by atoms with Crippen molar-refractivity contribution in [2.24, 2.45) is 20.7 Å². The van der Waals surface area contributed by atoms with Crippen molar-refractivity contribution >= 4 is 29.6 Å². The van der Waals surface area contributed by atoms with Crippen LogP contribution in [0.15, 0.2) is 80.9 Å². The Kier molecular flexibility index (Phi) is 18.7. The summed E-state index contributed by atoms with van der Waals surface area (Å²) in [6.45, 7) is 17.4. The highest BCUT2D eigenvalue weighted by molar-refractivity contribution is 6.10. The maximum Gasteiger partial charge on any atom is 0.214 e. The molecule has 0 aromatic heterocycles. The first-order valence-corrected chi connectivity index (χ1v) is 11.2. The predicted octanol–water partition coefficient (Wildman–Crippen LogP) is 6.61. The van der Waals surface area contributed by atoms with Gasteiger partial charge in [-0.3, -0.25) is 19.8 Å². The number of carbonyl (C=O) groups excluding carboxylic acids is 1. The number of aliphatic imine (C=N–C) groups is 3. The van der Waals surface area contributed by atoms with Crippen LogP contribution in [-0.4, -0.2) is 38.1 Å². The molecule has 0 spiro atoms. The zero-order valence-electron chi connectivity index (χ0n) is 21.9. The van der Waals surface area contributed by atoms with Gasteiger partial charge in [-0.2, -0.15) is 0 Å². The fraction of sp³-hybridized carbons (Fsp3) is 0.357. The second-order valence-corrected chi connectivity index (χ2v) is 6.68. The number of nitrogens with two attached hydrogens (primary N) is 1. The smallest absolute Gasteiger partial charge is 0.214 e. The van der Waals surface area contributed by atoms with Crippen molar-refractivity contribution in [3.63, 3.8) is 0 Å². The molecule has 0 heterocycles. The SMILES string of the molecule is C=CC(/C(C=NC)=C/CC)=C(/C)N=C(C)c1cccc(/C(C=NC)=C/C)c1.CC.CC(N)=O. The highest BCUT2D eigenvalue weighted by atomic mass is 16.1. The topological polar surface area (TPSA) is 80.2 Å². The Morgan fingerprint density at radius 2 is 1.61 bits per heavy atom. The quantitative estimate of drug-likeness (QED) is 0.351. The summed E-state index contributed by atoms with van der Waals surface area (Å²) in [5.74, 6) is -0.333. The fourth-order valence-corrected chi connectivity index (χ4v) is 2.82. The molecule has 0 aliphatic carbocycles. The third-order valence-electron chi connectivity index (χ3n) is 4.13. The first-order valence-electron chi connectivity index (χ1n) is 11.2. The summed E-state index contributed by atoms with van der Waals surface area (Å²) in [4.78, 5) is 22.4. The highest BCUT2D eigenvalue weighted by Gasteiger charge is 2.06. The molecular formula is C28H42N4O. The molecule has 0 saturated heterocycles. The molecule has 1 rings (SSSR count). The van der Waals surface area contributed by atoms with Gasteiger partial charge >= 0.3 is 0 Å². The van der Waals surface area contributed by atoms with Crippen LogP contribution in [0.25, 0.3) is 5.57 Å². The van der Waals surface area contributed by atoms with E-state index in [-0.39, 0.29) is 5.91 Å². The van der Waals surface area contributed by atoms with Crippen LogP contribution in [0, 0.1) is 0 Å². The van der Waals surface area contributed by atoms with Crippen LogP contribution in [-0.2, 0) is 4.79 Å². The molecule has 0 fully saturated rings. The number of carbonyl (C=O) groups is 1. The van der Waals surface area contributed by atoms with Gasteiger partial charge in [-0.15, -0.1) is 0 Å². The summed E-state index contributed by atoms with van der Waals surface area (Å²) in [6, 6.07) is 8.37. The lowest BCUT2D eigenvalue weighted by atomic mass is 10.0. The summed E-state index contributed by atoms with van der Waals surface area (Å²) >= 11 is 0. The van der Waals surface area contributed by atoms with E-state index >= 15 is 0 Å². The summed E-state index contributed by atoms with van der Waals surface area (Å²) < 4.78 is 0. The van der Waals surface area contributed by atoms with E-state index in [2.05, 4.69) is 65.6 Å². The van der Waals surface area contributed by atoms with E-state index in [4.69, 9.17) is 4.99 Å². The Bertz CT molecular complexity index is 925. The van der Waals surface area contributed by atoms with Crippen molar-refractivity contribution < 1.29 is 4.79 Å². The minimum absolute atomic E-state index is 0.333. The maximum absolute atomic E-state index is 9.22. The monoisotopic (exact) mass is 450 g/mol. The van der Waals surface area contributed by atoms with Crippen LogP contribution in [0.2, 0.25) is 0 Å². The molecule has 0 aliphatic heterocycles. The van der Waals surface area contributed by atoms with Gasteiger partial charge in [0.05, 0.1) is 0 Å². The second kappa shape index (κ2) is 19.4. The van der Waals surface area contributed by atoms with Gasteiger partial charge in [0.15, 0.2) is 0 Å². The van der Waals surface area contributed by atoms with E-state index in [1.165, 1.54) is 6.92 Å². The van der Waals surface area contributed by atoms with E-state index in [0.717, 1.165) is 45.7 Å². The van der Waals surface area contributed by atoms with E-state index < -0.39 is 0 Å². The minimum Gasteiger partial charge on any atom is -0.370 e. The van der Waals surface area contributed by atoms with E-state index in [1.54, 1.807) is 14.1 Å². The Morgan fingerprint density at radius 3 is 2.06 bits per heavy atom. The van der Waals surface area contributed by atoms with Gasteiger partial charge in [-0.1, -0.05) is 63.8 Å². The van der Waals surface area contributed by atoms with Crippen molar-refractivity contribution in [3.05, 3.63) is 77.0 Å². The second-order valence-electron chi connectivity index (χ2n) is 6.68. The highest BCUT2D eigenvalue weighted by Crippen LogP contribution is 2.19. The Hall–Kier alpha value is -3.34. The number of hydrogen-bond donors (Lipinski definition) is 1. The molecule has 0 aliphatic rings. The third-order valence-corrected chi connectivity index (χ3v) is 4.13. The molecule has 2 N–H and O–H groups in total. The summed E-state index contributed by atoms with van der Waals surface area (Å²) in [5.41, 5.74) is 11.7. The molecule has 0 bridgehead atoms. The average Bonchev–Trinajstić information content (AvgIpc) is 2.79. The number of hydrogen-bond acceptors (Lipinski definition) is 4. The number of rotatable bonds is 8. The van der Waals surface area contributed by atoms with Crippen LogP contribution in [0.1, 0.15) is 66.0 Å². The molecule has 1 amide bonds. The van der Waals surface area contributed by atoms with Gasteiger partial charge in [0, 0.05) is 50.4 Å². The first kappa shape index (κ1) is 31.8. The molecule has 5 nitrogen and oxygen atoms in total. The van der Waals surface area contributed by atoms with E-state index in [9.17, 15) is 4.79 Å². The van der Waals surface area contributed by atoms with Crippen LogP contribution in [0.3, 0.4) is 0 Å². The summed E-state index contributed by atoms with van der Waals surface area (Å²) in [5, 5.41) is 0. The number of primary amides is 1. The van der Waals surface area contributed by atoms with Crippen molar-refractivity contribution in [2.45, 2.75) is 54.9 Å². The lowest BCUT2D eigenvalue weighted by Gasteiger charge is -2.09. The summed E-state index contributed by atoms with van der Waals surface area (Å²) in [6.07, 6.45) is 10.7. The van der Waals surface area contributed by atoms with Crippen LogP contribution in [0.4, 0.5) is 0 Å². The Morgan fingerprint density at radius 1 is 1.06 bits per heavy atom. The third kappa shape index (κ3) is 13.0. The van der Waals surface area contributed by atoms with Crippen molar-refractivity contribution in [1.82, 2.24) is 0 Å². The predicted molar refractivity (Wildman–Crippen MR) is 149 cm³/mol. The van der Waals surface area contributed by atoms with Crippen molar-refractivity contribution in [1.29, 1.82) is 0 Å². The molecule has 180 valence electrons. The van der Waals surface area contributed by atoms with Gasteiger partial charge in [-0.25, -0.2) is 0 Å². The van der Waals surface area contributed by atoms with Crippen molar-refractivity contribution in [3.8, 4) is 0 Å². The summed E-state index contributed by atoms with van der Waals surface area (Å²) in [7, 11) is 3.56. The van der Waals surface area contributed by atoms with E-state index in [0.29, 0.717) is 0 Å². The first-order chi connectivity index (χ1) is 15.7. The van der Waals surface area contributed by atoms with Gasteiger partial charge in [0.1, 0.15) is 0 Å². The number of nitrogens with zero attached hydrogens (tertiary/aromatic N) is 3. The molecule has 0 radical (unpaired) electrons. The molecule has 0 atom stereocenters. The molecular weight excluding hydrogens is 408 g/mol. The zero-order valence-corrected chi connectivity index (χ0v) is 21.9. The van der Waals surface area contributed by atoms with Gasteiger partial charge in [-0.05, 0) is 55.5 Å². The zero-order chi connectivity index (χ0) is 25.8. The lowest BCUT2D eigenvalue weighted by molar-refractivity contribution is -0.115. The lowest BCUT2D eigenvalue weighted by Crippen LogP contribution is -2.01. The molecule has 1 aromatic carbocycles. The van der Waals surface area contributed by atoms with Gasteiger partial charge in [0.2, 0.25) is 5.91 Å². The average molecular weight is 451 g/mol. The van der Waals surface area contributed by atoms with Crippen LogP contribution < -0.4 is 5.73 Å². The molecule has 1 aromatic rings. The minimum atomic E-state index is -0.333. The molecule has 33 heavy (non-hydrogen) atoms. The van der Waals surface area contributed by atoms with Crippen molar-refractivity contribution in [2.75, 3.05) is 14.1 Å². The maximum atomic E-state index is 9.22. The number of allylic oxidation sites excluding steroid dienone is 7. The van der Waals surface area contributed by atoms with Crippen LogP contribution >= 0.6 is 0 Å². The number of benzene rings is 1. The normalized spacial score (nSPS) is 13.1. The molecule has 5 heteroatoms. The van der Waals surface area contributed by atoms with Gasteiger partial charge in [0.25, 0.3) is 0 Å². The van der Waals surface area contributed by atoms with E-state index in [1.807, 2.05) is 53.1 Å².